The molecule has 7 heteroatoms. The first-order valence-electron chi connectivity index (χ1n) is 9.17. The molecule has 2 N–H and O–H groups in total. The molecule has 0 bridgehead atoms. The highest BCUT2D eigenvalue weighted by Gasteiger charge is 2.21. The van der Waals surface area contributed by atoms with E-state index in [9.17, 15) is 13.2 Å². The topological polar surface area (TPSA) is 93.6 Å². The zero-order chi connectivity index (χ0) is 20.1. The summed E-state index contributed by atoms with van der Waals surface area (Å²) in [6, 6.07) is 10.5. The molecule has 0 fully saturated rings. The lowest BCUT2D eigenvalue weighted by atomic mass is 9.99. The van der Waals surface area contributed by atoms with Crippen molar-refractivity contribution in [1.82, 2.24) is 0 Å². The van der Waals surface area contributed by atoms with Crippen molar-refractivity contribution in [3.63, 3.8) is 0 Å². The minimum atomic E-state index is -3.78. The minimum Gasteiger partial charge on any atom is -0.422 e. The maximum atomic E-state index is 12.2. The van der Waals surface area contributed by atoms with Gasteiger partial charge in [-0.1, -0.05) is 18.2 Å². The lowest BCUT2D eigenvalue weighted by Crippen LogP contribution is -2.29. The van der Waals surface area contributed by atoms with Gasteiger partial charge in [0.1, 0.15) is 5.58 Å². The van der Waals surface area contributed by atoms with Crippen LogP contribution < -0.4 is 15.7 Å². The van der Waals surface area contributed by atoms with Crippen LogP contribution in [0.4, 0.5) is 5.69 Å². The molecule has 1 aromatic heterocycles. The van der Waals surface area contributed by atoms with E-state index < -0.39 is 10.0 Å². The first-order chi connectivity index (χ1) is 13.2. The van der Waals surface area contributed by atoms with Crippen molar-refractivity contribution in [1.29, 1.82) is 0 Å². The second-order valence-electron chi connectivity index (χ2n) is 7.34. The number of benzene rings is 2. The molecule has 28 heavy (non-hydrogen) atoms. The summed E-state index contributed by atoms with van der Waals surface area (Å²) in [5.41, 5.74) is 5.04. The average Bonchev–Trinajstić information content (AvgIpc) is 2.64. The standard InChI is InChI=1S/C21H22N2O4S/c1-13-5-8-18-16(10-20(24)27-21(18)14(13)2)12-23-9-3-4-15-6-7-17(11-19(15)23)28(22,25)26/h5-8,10-11H,3-4,9,12H2,1-2H3,(H2,22,25,26). The van der Waals surface area contributed by atoms with Gasteiger partial charge in [0, 0.05) is 30.2 Å². The number of fused-ring (bicyclic) bond motifs is 2. The first kappa shape index (κ1) is 18.7. The van der Waals surface area contributed by atoms with E-state index in [1.165, 1.54) is 6.07 Å². The second kappa shape index (κ2) is 6.76. The van der Waals surface area contributed by atoms with Gasteiger partial charge in [-0.3, -0.25) is 0 Å². The van der Waals surface area contributed by atoms with Gasteiger partial charge in [0.05, 0.1) is 4.90 Å². The Bertz CT molecular complexity index is 1250. The fourth-order valence-electron chi connectivity index (χ4n) is 3.83. The maximum absolute atomic E-state index is 12.2. The molecule has 6 nitrogen and oxygen atoms in total. The summed E-state index contributed by atoms with van der Waals surface area (Å²) in [6.07, 6.45) is 1.84. The number of primary sulfonamides is 1. The highest BCUT2D eigenvalue weighted by Crippen LogP contribution is 2.32. The van der Waals surface area contributed by atoms with Crippen LogP contribution in [0.25, 0.3) is 11.0 Å². The van der Waals surface area contributed by atoms with E-state index in [2.05, 4.69) is 4.90 Å². The van der Waals surface area contributed by atoms with E-state index in [0.29, 0.717) is 12.1 Å². The van der Waals surface area contributed by atoms with Crippen LogP contribution >= 0.6 is 0 Å². The molecule has 0 radical (unpaired) electrons. The Labute approximate surface area is 163 Å². The number of sulfonamides is 1. The molecule has 0 spiro atoms. The van der Waals surface area contributed by atoms with E-state index in [-0.39, 0.29) is 10.5 Å². The van der Waals surface area contributed by atoms with Gasteiger partial charge in [0.25, 0.3) is 0 Å². The van der Waals surface area contributed by atoms with Crippen LogP contribution in [-0.4, -0.2) is 15.0 Å². The molecule has 1 aliphatic heterocycles. The van der Waals surface area contributed by atoms with Crippen molar-refractivity contribution in [3.05, 3.63) is 69.1 Å². The van der Waals surface area contributed by atoms with Crippen molar-refractivity contribution in [2.24, 2.45) is 5.14 Å². The van der Waals surface area contributed by atoms with Gasteiger partial charge >= 0.3 is 5.63 Å². The normalized spacial score (nSPS) is 14.3. The Morgan fingerprint density at radius 1 is 1.14 bits per heavy atom. The number of nitrogens with two attached hydrogens (primary N) is 1. The van der Waals surface area contributed by atoms with Crippen molar-refractivity contribution in [3.8, 4) is 0 Å². The molecular weight excluding hydrogens is 376 g/mol. The second-order valence-corrected chi connectivity index (χ2v) is 8.90. The first-order valence-corrected chi connectivity index (χ1v) is 10.7. The van der Waals surface area contributed by atoms with Crippen LogP contribution in [0.2, 0.25) is 0 Å². The number of hydrogen-bond donors (Lipinski definition) is 1. The molecule has 146 valence electrons. The van der Waals surface area contributed by atoms with E-state index in [1.54, 1.807) is 12.1 Å². The van der Waals surface area contributed by atoms with Crippen molar-refractivity contribution >= 4 is 26.7 Å². The fraction of sp³-hybridized carbons (Fsp3) is 0.286. The Morgan fingerprint density at radius 3 is 2.68 bits per heavy atom. The SMILES string of the molecule is Cc1ccc2c(CN3CCCc4ccc(S(N)(=O)=O)cc43)cc(=O)oc2c1C. The number of hydrogen-bond acceptors (Lipinski definition) is 5. The fourth-order valence-corrected chi connectivity index (χ4v) is 4.37. The van der Waals surface area contributed by atoms with E-state index in [1.807, 2.05) is 32.0 Å². The van der Waals surface area contributed by atoms with Crippen LogP contribution in [0.5, 0.6) is 0 Å². The summed E-state index contributed by atoms with van der Waals surface area (Å²) < 4.78 is 29.0. The summed E-state index contributed by atoms with van der Waals surface area (Å²) >= 11 is 0. The molecule has 0 amide bonds. The smallest absolute Gasteiger partial charge is 0.336 e. The zero-order valence-electron chi connectivity index (χ0n) is 15.9. The van der Waals surface area contributed by atoms with Crippen molar-refractivity contribution in [2.75, 3.05) is 11.4 Å². The molecule has 1 aliphatic rings. The van der Waals surface area contributed by atoms with Crippen LogP contribution in [-0.2, 0) is 23.0 Å². The zero-order valence-corrected chi connectivity index (χ0v) is 16.7. The lowest BCUT2D eigenvalue weighted by Gasteiger charge is -2.32. The Hall–Kier alpha value is -2.64. The quantitative estimate of drug-likeness (QED) is 0.685. The largest absolute Gasteiger partial charge is 0.422 e. The number of rotatable bonds is 3. The summed E-state index contributed by atoms with van der Waals surface area (Å²) in [4.78, 5) is 14.4. The van der Waals surface area contributed by atoms with E-state index >= 15 is 0 Å². The van der Waals surface area contributed by atoms with E-state index in [0.717, 1.165) is 52.7 Å². The van der Waals surface area contributed by atoms with Gasteiger partial charge in [0.15, 0.2) is 0 Å². The third-order valence-corrected chi connectivity index (χ3v) is 6.39. The van der Waals surface area contributed by atoms with Crippen LogP contribution in [0.1, 0.15) is 28.7 Å². The van der Waals surface area contributed by atoms with Gasteiger partial charge in [-0.15, -0.1) is 0 Å². The predicted molar refractivity (Wildman–Crippen MR) is 109 cm³/mol. The molecule has 4 rings (SSSR count). The predicted octanol–water partition coefficient (Wildman–Crippen LogP) is 3.01. The van der Waals surface area contributed by atoms with Gasteiger partial charge in [-0.25, -0.2) is 18.4 Å². The van der Waals surface area contributed by atoms with Crippen molar-refractivity contribution in [2.45, 2.75) is 38.1 Å². The van der Waals surface area contributed by atoms with Crippen LogP contribution in [0, 0.1) is 13.8 Å². The molecule has 0 atom stereocenters. The Balaban J connectivity index is 1.82. The number of aryl methyl sites for hydroxylation is 3. The molecule has 2 aromatic carbocycles. The van der Waals surface area contributed by atoms with Gasteiger partial charge < -0.3 is 9.32 Å². The van der Waals surface area contributed by atoms with Gasteiger partial charge in [-0.05, 0) is 61.1 Å². The molecule has 0 aliphatic carbocycles. The lowest BCUT2D eigenvalue weighted by molar-refractivity contribution is 0.555. The number of anilines is 1. The third kappa shape index (κ3) is 3.31. The molecule has 0 unspecified atom stereocenters. The molecule has 0 saturated carbocycles. The van der Waals surface area contributed by atoms with Crippen LogP contribution in [0.3, 0.4) is 0 Å². The van der Waals surface area contributed by atoms with Gasteiger partial charge in [-0.2, -0.15) is 0 Å². The Kier molecular flexibility index (Phi) is 4.51. The molecule has 3 aromatic rings. The minimum absolute atomic E-state index is 0.0991. The summed E-state index contributed by atoms with van der Waals surface area (Å²) in [6.45, 7) is 5.19. The average molecular weight is 398 g/mol. The van der Waals surface area contributed by atoms with Crippen LogP contribution in [0.15, 0.2) is 50.5 Å². The molecular formula is C21H22N2O4S. The monoisotopic (exact) mass is 398 g/mol. The highest BCUT2D eigenvalue weighted by atomic mass is 32.2. The Morgan fingerprint density at radius 2 is 1.93 bits per heavy atom. The van der Waals surface area contributed by atoms with Crippen molar-refractivity contribution < 1.29 is 12.8 Å². The highest BCUT2D eigenvalue weighted by molar-refractivity contribution is 7.89. The summed E-state index contributed by atoms with van der Waals surface area (Å²) in [7, 11) is -3.78. The summed E-state index contributed by atoms with van der Waals surface area (Å²) in [5, 5.41) is 6.21. The van der Waals surface area contributed by atoms with E-state index in [4.69, 9.17) is 9.56 Å². The third-order valence-electron chi connectivity index (χ3n) is 5.48. The van der Waals surface area contributed by atoms with Gasteiger partial charge in [0.2, 0.25) is 10.0 Å². The maximum Gasteiger partial charge on any atom is 0.336 e. The summed E-state index contributed by atoms with van der Waals surface area (Å²) in [5.74, 6) is 0. The molecule has 0 saturated heterocycles. The molecule has 2 heterocycles. The number of nitrogens with zero attached hydrogens (tertiary/aromatic N) is 1.